The molecule has 1 nitrogen and oxygen atoms in total. The second-order valence-corrected chi connectivity index (χ2v) is 5.34. The first-order valence-electron chi connectivity index (χ1n) is 5.35. The third kappa shape index (κ3) is 3.08. The lowest BCUT2D eigenvalue weighted by molar-refractivity contribution is 0.103. The Morgan fingerprint density at radius 3 is 2.11 bits per heavy atom. The number of hydrogen-bond acceptors (Lipinski definition) is 1. The van der Waals surface area contributed by atoms with E-state index >= 15 is 0 Å². The van der Waals surface area contributed by atoms with Crippen molar-refractivity contribution in [3.8, 4) is 0 Å². The summed E-state index contributed by atoms with van der Waals surface area (Å²) in [4.78, 5) is 12.3. The number of aryl methyl sites for hydroxylation is 1. The summed E-state index contributed by atoms with van der Waals surface area (Å²) in [5.74, 6) is -0.918. The van der Waals surface area contributed by atoms with Gasteiger partial charge in [-0.1, -0.05) is 34.8 Å². The van der Waals surface area contributed by atoms with E-state index in [1.165, 1.54) is 18.2 Å². The van der Waals surface area contributed by atoms with E-state index in [1.807, 2.05) is 0 Å². The molecule has 2 rings (SSSR count). The van der Waals surface area contributed by atoms with Gasteiger partial charge in [-0.15, -0.1) is 0 Å². The van der Waals surface area contributed by atoms with Gasteiger partial charge in [0, 0.05) is 10.6 Å². The predicted molar refractivity (Wildman–Crippen MR) is 76.0 cm³/mol. The molecular weight excluding hydrogens is 310 g/mol. The van der Waals surface area contributed by atoms with Gasteiger partial charge in [-0.2, -0.15) is 0 Å². The van der Waals surface area contributed by atoms with Crippen molar-refractivity contribution < 1.29 is 9.18 Å². The molecule has 2 aromatic carbocycles. The Hall–Kier alpha value is -1.09. The number of benzene rings is 2. The molecule has 0 N–H and O–H groups in total. The van der Waals surface area contributed by atoms with Crippen molar-refractivity contribution in [3.63, 3.8) is 0 Å². The van der Waals surface area contributed by atoms with Gasteiger partial charge < -0.3 is 0 Å². The number of carbonyl (C=O) groups excluding carboxylic acids is 1. The van der Waals surface area contributed by atoms with E-state index < -0.39 is 11.6 Å². The van der Waals surface area contributed by atoms with Gasteiger partial charge in [0.15, 0.2) is 5.78 Å². The Balaban J connectivity index is 2.56. The fourth-order valence-electron chi connectivity index (χ4n) is 1.77. The summed E-state index contributed by atoms with van der Waals surface area (Å²) in [6.07, 6.45) is 0. The highest BCUT2D eigenvalue weighted by atomic mass is 35.5. The van der Waals surface area contributed by atoms with Crippen molar-refractivity contribution in [2.75, 3.05) is 0 Å². The normalized spacial score (nSPS) is 10.6. The van der Waals surface area contributed by atoms with Crippen molar-refractivity contribution in [1.82, 2.24) is 0 Å². The van der Waals surface area contributed by atoms with Crippen LogP contribution in [0.1, 0.15) is 21.5 Å². The van der Waals surface area contributed by atoms with E-state index in [0.717, 1.165) is 6.07 Å². The van der Waals surface area contributed by atoms with Crippen LogP contribution in [0, 0.1) is 12.7 Å². The van der Waals surface area contributed by atoms with Crippen LogP contribution in [-0.4, -0.2) is 5.78 Å². The lowest BCUT2D eigenvalue weighted by Crippen LogP contribution is -2.04. The minimum Gasteiger partial charge on any atom is -0.288 e. The topological polar surface area (TPSA) is 17.1 Å². The van der Waals surface area contributed by atoms with Crippen LogP contribution in [0.15, 0.2) is 30.3 Å². The number of hydrogen-bond donors (Lipinski definition) is 0. The standard InChI is InChI=1S/C14H8Cl3FO/c1-7-2-8(4-10(18)3-7)14(19)13-11(16)5-9(15)6-12(13)17/h2-6H,1H3. The van der Waals surface area contributed by atoms with Gasteiger partial charge in [0.1, 0.15) is 5.82 Å². The van der Waals surface area contributed by atoms with Gasteiger partial charge in [0.05, 0.1) is 15.6 Å². The summed E-state index contributed by atoms with van der Waals surface area (Å²) < 4.78 is 13.3. The molecule has 19 heavy (non-hydrogen) atoms. The average molecular weight is 318 g/mol. The Labute approximate surface area is 124 Å². The Kier molecular flexibility index (Phi) is 4.14. The van der Waals surface area contributed by atoms with Gasteiger partial charge >= 0.3 is 0 Å². The maximum absolute atomic E-state index is 13.3. The minimum atomic E-state index is -0.482. The van der Waals surface area contributed by atoms with Gasteiger partial charge in [0.25, 0.3) is 0 Å². The molecule has 0 fully saturated rings. The second-order valence-electron chi connectivity index (χ2n) is 4.09. The van der Waals surface area contributed by atoms with Crippen LogP contribution in [0.5, 0.6) is 0 Å². The predicted octanol–water partition coefficient (Wildman–Crippen LogP) is 5.33. The molecule has 0 saturated carbocycles. The molecular formula is C14H8Cl3FO. The van der Waals surface area contributed by atoms with Gasteiger partial charge in [0.2, 0.25) is 0 Å². The van der Waals surface area contributed by atoms with E-state index in [-0.39, 0.29) is 21.2 Å². The molecule has 0 aromatic heterocycles. The lowest BCUT2D eigenvalue weighted by Gasteiger charge is -2.08. The zero-order valence-electron chi connectivity index (χ0n) is 9.81. The van der Waals surface area contributed by atoms with Gasteiger partial charge in [-0.3, -0.25) is 4.79 Å². The molecule has 0 aliphatic carbocycles. The molecule has 2 aromatic rings. The fraction of sp³-hybridized carbons (Fsp3) is 0.0714. The smallest absolute Gasteiger partial charge is 0.196 e. The van der Waals surface area contributed by atoms with E-state index in [0.29, 0.717) is 10.6 Å². The SMILES string of the molecule is Cc1cc(F)cc(C(=O)c2c(Cl)cc(Cl)cc2Cl)c1. The van der Waals surface area contributed by atoms with Crippen LogP contribution >= 0.6 is 34.8 Å². The molecule has 0 radical (unpaired) electrons. The number of rotatable bonds is 2. The van der Waals surface area contributed by atoms with Gasteiger partial charge in [-0.25, -0.2) is 4.39 Å². The van der Waals surface area contributed by atoms with Crippen LogP contribution in [0.2, 0.25) is 15.1 Å². The number of ketones is 1. The van der Waals surface area contributed by atoms with Crippen molar-refractivity contribution >= 4 is 40.6 Å². The molecule has 5 heteroatoms. The third-order valence-electron chi connectivity index (χ3n) is 2.54. The zero-order chi connectivity index (χ0) is 14.2. The average Bonchev–Trinajstić information content (AvgIpc) is 2.25. The summed E-state index contributed by atoms with van der Waals surface area (Å²) in [6.45, 7) is 1.70. The van der Waals surface area contributed by atoms with Crippen LogP contribution in [-0.2, 0) is 0 Å². The maximum atomic E-state index is 13.3. The molecule has 98 valence electrons. The van der Waals surface area contributed by atoms with E-state index in [4.69, 9.17) is 34.8 Å². The molecule has 0 saturated heterocycles. The summed E-state index contributed by atoms with van der Waals surface area (Å²) in [5, 5.41) is 0.621. The number of halogens is 4. The summed E-state index contributed by atoms with van der Waals surface area (Å²) in [7, 11) is 0. The monoisotopic (exact) mass is 316 g/mol. The van der Waals surface area contributed by atoms with E-state index in [9.17, 15) is 9.18 Å². The molecule has 0 unspecified atom stereocenters. The minimum absolute atomic E-state index is 0.123. The fourth-order valence-corrected chi connectivity index (χ4v) is 2.76. The van der Waals surface area contributed by atoms with Crippen LogP contribution < -0.4 is 0 Å². The quantitative estimate of drug-likeness (QED) is 0.685. The van der Waals surface area contributed by atoms with Crippen LogP contribution in [0.3, 0.4) is 0 Å². The number of carbonyl (C=O) groups is 1. The highest BCUT2D eigenvalue weighted by Crippen LogP contribution is 2.31. The molecule has 0 amide bonds. The first-order valence-corrected chi connectivity index (χ1v) is 6.48. The van der Waals surface area contributed by atoms with Crippen molar-refractivity contribution in [1.29, 1.82) is 0 Å². The zero-order valence-corrected chi connectivity index (χ0v) is 12.1. The molecule has 0 atom stereocenters. The van der Waals surface area contributed by atoms with Gasteiger partial charge in [-0.05, 0) is 42.8 Å². The third-order valence-corrected chi connectivity index (χ3v) is 3.35. The molecule has 0 bridgehead atoms. The highest BCUT2D eigenvalue weighted by Gasteiger charge is 2.18. The van der Waals surface area contributed by atoms with Crippen molar-refractivity contribution in [2.24, 2.45) is 0 Å². The summed E-state index contributed by atoms with van der Waals surface area (Å²) >= 11 is 17.7. The summed E-state index contributed by atoms with van der Waals surface area (Å²) in [6, 6.07) is 6.91. The lowest BCUT2D eigenvalue weighted by atomic mass is 10.0. The van der Waals surface area contributed by atoms with Crippen molar-refractivity contribution in [2.45, 2.75) is 6.92 Å². The largest absolute Gasteiger partial charge is 0.288 e. The van der Waals surface area contributed by atoms with E-state index in [1.54, 1.807) is 13.0 Å². The Morgan fingerprint density at radius 1 is 1.00 bits per heavy atom. The van der Waals surface area contributed by atoms with Crippen LogP contribution in [0.25, 0.3) is 0 Å². The maximum Gasteiger partial charge on any atom is 0.196 e. The van der Waals surface area contributed by atoms with Crippen LogP contribution in [0.4, 0.5) is 4.39 Å². The highest BCUT2D eigenvalue weighted by molar-refractivity contribution is 6.43. The first kappa shape index (κ1) is 14.3. The molecule has 0 spiro atoms. The Morgan fingerprint density at radius 2 is 1.58 bits per heavy atom. The molecule has 0 aliphatic rings. The molecule has 0 aliphatic heterocycles. The first-order chi connectivity index (χ1) is 8.88. The molecule has 0 heterocycles. The second kappa shape index (κ2) is 5.49. The summed E-state index contributed by atoms with van der Waals surface area (Å²) in [5.41, 5.74) is 0.964. The Bertz CT molecular complexity index is 624. The van der Waals surface area contributed by atoms with Crippen molar-refractivity contribution in [3.05, 3.63) is 67.9 Å². The van der Waals surface area contributed by atoms with E-state index in [2.05, 4.69) is 0 Å².